The van der Waals surface area contributed by atoms with Gasteiger partial charge in [-0.15, -0.1) is 0 Å². The molecule has 2 aromatic heterocycles. The fourth-order valence-corrected chi connectivity index (χ4v) is 4.07. The van der Waals surface area contributed by atoms with E-state index in [1.54, 1.807) is 6.92 Å². The third-order valence-corrected chi connectivity index (χ3v) is 6.01. The van der Waals surface area contributed by atoms with E-state index < -0.39 is 0 Å². The van der Waals surface area contributed by atoms with E-state index in [-0.39, 0.29) is 11.5 Å². The zero-order valence-electron chi connectivity index (χ0n) is 20.4. The molecule has 2 N–H and O–H groups in total. The van der Waals surface area contributed by atoms with Gasteiger partial charge in [-0.2, -0.15) is 0 Å². The molecule has 0 saturated carbocycles. The number of aryl methyl sites for hydroxylation is 3. The van der Waals surface area contributed by atoms with Crippen molar-refractivity contribution in [3.8, 4) is 0 Å². The van der Waals surface area contributed by atoms with E-state index in [0.29, 0.717) is 17.7 Å². The summed E-state index contributed by atoms with van der Waals surface area (Å²) in [5.41, 5.74) is 4.49. The number of furan rings is 1. The number of nitrogens with one attached hydrogen (secondary N) is 2. The summed E-state index contributed by atoms with van der Waals surface area (Å²) >= 11 is 0. The minimum Gasteiger partial charge on any atom is -0.461 e. The number of hydrogen-bond acceptors (Lipinski definition) is 6. The minimum atomic E-state index is -0.339. The number of hydrogen-bond donors (Lipinski definition) is 2. The quantitative estimate of drug-likeness (QED) is 0.260. The molecule has 0 spiro atoms. The number of carbonyl (C=O) groups excluding carboxylic acids is 1. The maximum Gasteiger partial charge on any atom is 0.336 e. The van der Waals surface area contributed by atoms with Gasteiger partial charge in [0.15, 0.2) is 0 Å². The molecule has 0 aliphatic rings. The van der Waals surface area contributed by atoms with Crippen molar-refractivity contribution < 1.29 is 13.6 Å². The Morgan fingerprint density at radius 2 is 1.70 bits per heavy atom. The van der Waals surface area contributed by atoms with Gasteiger partial charge in [0.05, 0.1) is 0 Å². The first kappa shape index (κ1) is 24.7. The standard InChI is InChI=1S/C26H35N3O4/c1-16(2)26(31)28-10-8-12-29(6)11-7-9-27-15-22-19(5)32-25-18(4)24-20(14-21(22)25)17(3)13-23(30)33-24/h13-14,27H,1,7-12,15H2,2-6H3,(H,28,31). The van der Waals surface area contributed by atoms with Crippen LogP contribution in [-0.2, 0) is 11.3 Å². The van der Waals surface area contributed by atoms with Crippen LogP contribution in [0.2, 0.25) is 0 Å². The largest absolute Gasteiger partial charge is 0.461 e. The molecule has 0 atom stereocenters. The number of carbonyl (C=O) groups is 1. The number of rotatable bonds is 11. The first-order valence-electron chi connectivity index (χ1n) is 11.5. The summed E-state index contributed by atoms with van der Waals surface area (Å²) in [7, 11) is 2.10. The lowest BCUT2D eigenvalue weighted by molar-refractivity contribution is -0.117. The SMILES string of the molecule is C=C(C)C(=O)NCCCN(C)CCCNCc1c(C)oc2c(C)c3oc(=O)cc(C)c3cc12. The van der Waals surface area contributed by atoms with Gasteiger partial charge in [-0.25, -0.2) is 4.79 Å². The monoisotopic (exact) mass is 453 g/mol. The Hall–Kier alpha value is -2.90. The van der Waals surface area contributed by atoms with Crippen molar-refractivity contribution in [2.45, 2.75) is 47.1 Å². The molecule has 0 aliphatic carbocycles. The van der Waals surface area contributed by atoms with Crippen LogP contribution >= 0.6 is 0 Å². The number of amides is 1. The maximum atomic E-state index is 11.8. The molecule has 1 amide bonds. The lowest BCUT2D eigenvalue weighted by Gasteiger charge is -2.16. The highest BCUT2D eigenvalue weighted by atomic mass is 16.4. The maximum absolute atomic E-state index is 11.8. The van der Waals surface area contributed by atoms with Crippen LogP contribution in [0, 0.1) is 20.8 Å². The van der Waals surface area contributed by atoms with Gasteiger partial charge in [0.1, 0.15) is 16.9 Å². The molecule has 2 heterocycles. The van der Waals surface area contributed by atoms with Gasteiger partial charge in [0, 0.05) is 46.6 Å². The van der Waals surface area contributed by atoms with Crippen molar-refractivity contribution in [3.05, 3.63) is 57.2 Å². The molecule has 178 valence electrons. The fourth-order valence-electron chi connectivity index (χ4n) is 4.07. The first-order chi connectivity index (χ1) is 15.7. The molecule has 0 saturated heterocycles. The molecule has 7 heteroatoms. The van der Waals surface area contributed by atoms with Crippen LogP contribution in [0.5, 0.6) is 0 Å². The van der Waals surface area contributed by atoms with Gasteiger partial charge in [0.25, 0.3) is 0 Å². The van der Waals surface area contributed by atoms with Gasteiger partial charge in [-0.1, -0.05) is 6.58 Å². The van der Waals surface area contributed by atoms with Crippen molar-refractivity contribution in [2.75, 3.05) is 33.2 Å². The van der Waals surface area contributed by atoms with Crippen molar-refractivity contribution in [1.29, 1.82) is 0 Å². The molecule has 0 fully saturated rings. The van der Waals surface area contributed by atoms with Crippen molar-refractivity contribution >= 4 is 27.8 Å². The van der Waals surface area contributed by atoms with Crippen LogP contribution in [0.4, 0.5) is 0 Å². The molecule has 0 bridgehead atoms. The van der Waals surface area contributed by atoms with Crippen LogP contribution in [0.25, 0.3) is 21.9 Å². The second kappa shape index (κ2) is 10.8. The zero-order chi connectivity index (χ0) is 24.1. The van der Waals surface area contributed by atoms with Gasteiger partial charge >= 0.3 is 5.63 Å². The van der Waals surface area contributed by atoms with E-state index in [4.69, 9.17) is 8.83 Å². The van der Waals surface area contributed by atoms with Gasteiger partial charge < -0.3 is 24.4 Å². The van der Waals surface area contributed by atoms with E-state index in [2.05, 4.69) is 35.2 Å². The predicted molar refractivity (Wildman–Crippen MR) is 133 cm³/mol. The number of nitrogens with zero attached hydrogens (tertiary/aromatic N) is 1. The molecule has 33 heavy (non-hydrogen) atoms. The molecule has 1 aromatic carbocycles. The van der Waals surface area contributed by atoms with Gasteiger partial charge in [0.2, 0.25) is 5.91 Å². The van der Waals surface area contributed by atoms with E-state index in [0.717, 1.165) is 77.8 Å². The Labute approximate surface area is 194 Å². The summed E-state index contributed by atoms with van der Waals surface area (Å²) < 4.78 is 11.5. The van der Waals surface area contributed by atoms with Crippen LogP contribution in [0.15, 0.2) is 37.9 Å². The number of benzene rings is 1. The molecule has 7 nitrogen and oxygen atoms in total. The molecule has 0 unspecified atom stereocenters. The normalized spacial score (nSPS) is 11.6. The molecular formula is C26H35N3O4. The third-order valence-electron chi connectivity index (χ3n) is 6.01. The van der Waals surface area contributed by atoms with E-state index >= 15 is 0 Å². The molecule has 0 aliphatic heterocycles. The highest BCUT2D eigenvalue weighted by molar-refractivity contribution is 5.99. The second-order valence-electron chi connectivity index (χ2n) is 8.86. The summed E-state index contributed by atoms with van der Waals surface area (Å²) in [6.45, 7) is 15.4. The van der Waals surface area contributed by atoms with E-state index in [1.807, 2.05) is 20.8 Å². The highest BCUT2D eigenvalue weighted by Crippen LogP contribution is 2.34. The predicted octanol–water partition coefficient (Wildman–Crippen LogP) is 3.96. The van der Waals surface area contributed by atoms with Crippen LogP contribution < -0.4 is 16.3 Å². The second-order valence-corrected chi connectivity index (χ2v) is 8.86. The Morgan fingerprint density at radius 3 is 2.39 bits per heavy atom. The average molecular weight is 454 g/mol. The molecule has 0 radical (unpaired) electrons. The van der Waals surface area contributed by atoms with Gasteiger partial charge in [-0.05, 0) is 78.8 Å². The average Bonchev–Trinajstić information content (AvgIpc) is 3.07. The lowest BCUT2D eigenvalue weighted by Crippen LogP contribution is -2.29. The lowest BCUT2D eigenvalue weighted by atomic mass is 10.0. The minimum absolute atomic E-state index is 0.0770. The van der Waals surface area contributed by atoms with Gasteiger partial charge in [-0.3, -0.25) is 4.79 Å². The summed E-state index contributed by atoms with van der Waals surface area (Å²) in [5, 5.41) is 8.41. The summed E-state index contributed by atoms with van der Waals surface area (Å²) in [6, 6.07) is 3.60. The van der Waals surface area contributed by atoms with Crippen molar-refractivity contribution in [2.24, 2.45) is 0 Å². The van der Waals surface area contributed by atoms with Crippen LogP contribution in [0.1, 0.15) is 42.2 Å². The van der Waals surface area contributed by atoms with Crippen molar-refractivity contribution in [3.63, 3.8) is 0 Å². The van der Waals surface area contributed by atoms with Crippen LogP contribution in [0.3, 0.4) is 0 Å². The zero-order valence-corrected chi connectivity index (χ0v) is 20.4. The topological polar surface area (TPSA) is 87.7 Å². The first-order valence-corrected chi connectivity index (χ1v) is 11.5. The Bertz CT molecular complexity index is 1220. The summed E-state index contributed by atoms with van der Waals surface area (Å²) in [5.74, 6) is 0.802. The van der Waals surface area contributed by atoms with Crippen LogP contribution in [-0.4, -0.2) is 44.0 Å². The van der Waals surface area contributed by atoms with Crippen molar-refractivity contribution in [1.82, 2.24) is 15.5 Å². The Morgan fingerprint density at radius 1 is 1.03 bits per heavy atom. The number of fused-ring (bicyclic) bond motifs is 2. The Kier molecular flexibility index (Phi) is 8.10. The molecular weight excluding hydrogens is 418 g/mol. The summed E-state index contributed by atoms with van der Waals surface area (Å²) in [4.78, 5) is 25.6. The molecule has 3 rings (SSSR count). The highest BCUT2D eigenvalue weighted by Gasteiger charge is 2.17. The molecule has 3 aromatic rings. The van der Waals surface area contributed by atoms with E-state index in [1.165, 1.54) is 6.07 Å². The smallest absolute Gasteiger partial charge is 0.336 e. The van der Waals surface area contributed by atoms with E-state index in [9.17, 15) is 9.59 Å². The fraction of sp³-hybridized carbons (Fsp3) is 0.462. The third kappa shape index (κ3) is 5.92. The Balaban J connectivity index is 1.52. The summed E-state index contributed by atoms with van der Waals surface area (Å²) in [6.07, 6.45) is 1.94.